The number of allylic oxidation sites excluding steroid dienone is 4. The lowest BCUT2D eigenvalue weighted by Crippen LogP contribution is -2.36. The predicted molar refractivity (Wildman–Crippen MR) is 66.7 cm³/mol. The monoisotopic (exact) mass is 204 g/mol. The Hall–Kier alpha value is -0.520. The van der Waals surface area contributed by atoms with Gasteiger partial charge in [0.05, 0.1) is 0 Å². The van der Waals surface area contributed by atoms with Gasteiger partial charge in [-0.25, -0.2) is 0 Å². The van der Waals surface area contributed by atoms with E-state index in [0.29, 0.717) is 10.8 Å². The van der Waals surface area contributed by atoms with Crippen molar-refractivity contribution in [2.45, 2.75) is 53.4 Å². The van der Waals surface area contributed by atoms with Gasteiger partial charge in [0.1, 0.15) is 0 Å². The maximum Gasteiger partial charge on any atom is -0.0136 e. The molecule has 2 unspecified atom stereocenters. The molecule has 1 saturated carbocycles. The van der Waals surface area contributed by atoms with Crippen molar-refractivity contribution in [1.82, 2.24) is 0 Å². The van der Waals surface area contributed by atoms with E-state index >= 15 is 0 Å². The normalized spacial score (nSPS) is 39.2. The molecule has 0 spiro atoms. The quantitative estimate of drug-likeness (QED) is 0.579. The molecule has 0 aliphatic heterocycles. The molecule has 0 N–H and O–H groups in total. The summed E-state index contributed by atoms with van der Waals surface area (Å²) in [5, 5.41) is 0. The summed E-state index contributed by atoms with van der Waals surface area (Å²) in [6.07, 6.45) is 12.7. The highest BCUT2D eigenvalue weighted by atomic mass is 14.5. The average Bonchev–Trinajstić information content (AvgIpc) is 2.43. The number of hydrogen-bond acceptors (Lipinski definition) is 0. The maximum absolute atomic E-state index is 2.50. The Bertz CT molecular complexity index is 306. The molecule has 0 radical (unpaired) electrons. The zero-order chi connectivity index (χ0) is 11.1. The third kappa shape index (κ3) is 1.68. The molecule has 0 aromatic heterocycles. The van der Waals surface area contributed by atoms with Crippen molar-refractivity contribution >= 4 is 0 Å². The van der Waals surface area contributed by atoms with Gasteiger partial charge in [0.15, 0.2) is 0 Å². The smallest absolute Gasteiger partial charge is 0.0136 e. The average molecular weight is 204 g/mol. The molecule has 0 saturated heterocycles. The predicted octanol–water partition coefficient (Wildman–Crippen LogP) is 4.73. The van der Waals surface area contributed by atoms with Crippen molar-refractivity contribution in [3.63, 3.8) is 0 Å². The van der Waals surface area contributed by atoms with Gasteiger partial charge < -0.3 is 0 Å². The Balaban J connectivity index is 2.21. The molecule has 0 heterocycles. The first-order valence-corrected chi connectivity index (χ1v) is 6.31. The first-order valence-electron chi connectivity index (χ1n) is 6.31. The van der Waals surface area contributed by atoms with Gasteiger partial charge in [0.25, 0.3) is 0 Å². The molecule has 0 aromatic carbocycles. The van der Waals surface area contributed by atoms with Crippen molar-refractivity contribution in [3.8, 4) is 0 Å². The second kappa shape index (κ2) is 3.50. The SMILES string of the molecule is CC1=CCC(C2(C)CCCC2(C)C)C=C1. The van der Waals surface area contributed by atoms with E-state index < -0.39 is 0 Å². The van der Waals surface area contributed by atoms with Gasteiger partial charge in [-0.15, -0.1) is 0 Å². The molecule has 0 bridgehead atoms. The molecular weight excluding hydrogens is 180 g/mol. The van der Waals surface area contributed by atoms with Crippen LogP contribution >= 0.6 is 0 Å². The van der Waals surface area contributed by atoms with Gasteiger partial charge in [0, 0.05) is 0 Å². The van der Waals surface area contributed by atoms with Crippen LogP contribution in [0.2, 0.25) is 0 Å². The van der Waals surface area contributed by atoms with Crippen LogP contribution in [0.5, 0.6) is 0 Å². The van der Waals surface area contributed by atoms with E-state index in [1.165, 1.54) is 31.3 Å². The van der Waals surface area contributed by atoms with E-state index in [4.69, 9.17) is 0 Å². The summed E-state index contributed by atoms with van der Waals surface area (Å²) in [5.41, 5.74) is 2.47. The van der Waals surface area contributed by atoms with E-state index in [9.17, 15) is 0 Å². The van der Waals surface area contributed by atoms with Crippen LogP contribution in [0.3, 0.4) is 0 Å². The van der Waals surface area contributed by atoms with Gasteiger partial charge in [-0.3, -0.25) is 0 Å². The Kier molecular flexibility index (Phi) is 2.56. The summed E-state index contributed by atoms with van der Waals surface area (Å²) < 4.78 is 0. The van der Waals surface area contributed by atoms with Crippen LogP contribution in [0.4, 0.5) is 0 Å². The highest BCUT2D eigenvalue weighted by Gasteiger charge is 2.48. The number of hydrogen-bond donors (Lipinski definition) is 0. The van der Waals surface area contributed by atoms with Crippen LogP contribution in [0.15, 0.2) is 23.8 Å². The summed E-state index contributed by atoms with van der Waals surface area (Å²) >= 11 is 0. The third-order valence-electron chi connectivity index (χ3n) is 5.15. The Labute approximate surface area is 94.5 Å². The van der Waals surface area contributed by atoms with Gasteiger partial charge in [-0.05, 0) is 42.9 Å². The van der Waals surface area contributed by atoms with Crippen LogP contribution in [-0.4, -0.2) is 0 Å². The van der Waals surface area contributed by atoms with E-state index in [0.717, 1.165) is 5.92 Å². The minimum atomic E-state index is 0.515. The molecule has 2 aliphatic carbocycles. The Morgan fingerprint density at radius 2 is 1.93 bits per heavy atom. The first kappa shape index (κ1) is 11.0. The molecule has 2 rings (SSSR count). The minimum Gasteiger partial charge on any atom is -0.0810 e. The number of rotatable bonds is 1. The lowest BCUT2D eigenvalue weighted by atomic mass is 9.60. The summed E-state index contributed by atoms with van der Waals surface area (Å²) in [6, 6.07) is 0. The van der Waals surface area contributed by atoms with Crippen molar-refractivity contribution in [2.24, 2.45) is 16.7 Å². The molecule has 2 atom stereocenters. The molecule has 1 fully saturated rings. The fourth-order valence-electron chi connectivity index (χ4n) is 3.41. The van der Waals surface area contributed by atoms with E-state index in [1.54, 1.807) is 0 Å². The second-order valence-corrected chi connectivity index (χ2v) is 6.30. The lowest BCUT2D eigenvalue weighted by molar-refractivity contribution is 0.0789. The summed E-state index contributed by atoms with van der Waals surface area (Å²) in [4.78, 5) is 0. The standard InChI is InChI=1S/C15H24/c1-12-6-8-13(9-7-12)15(4)11-5-10-14(15,2)3/h6-8,13H,5,9-11H2,1-4H3. The van der Waals surface area contributed by atoms with E-state index in [-0.39, 0.29) is 0 Å². The third-order valence-corrected chi connectivity index (χ3v) is 5.15. The van der Waals surface area contributed by atoms with Gasteiger partial charge >= 0.3 is 0 Å². The summed E-state index contributed by atoms with van der Waals surface area (Å²) in [7, 11) is 0. The van der Waals surface area contributed by atoms with Gasteiger partial charge in [-0.1, -0.05) is 51.0 Å². The molecule has 0 amide bonds. The molecule has 15 heavy (non-hydrogen) atoms. The highest BCUT2D eigenvalue weighted by molar-refractivity contribution is 5.23. The molecule has 84 valence electrons. The summed E-state index contributed by atoms with van der Waals surface area (Å²) in [5.74, 6) is 0.763. The molecule has 2 aliphatic rings. The fourth-order valence-corrected chi connectivity index (χ4v) is 3.41. The maximum atomic E-state index is 2.50. The first-order chi connectivity index (χ1) is 6.96. The van der Waals surface area contributed by atoms with Crippen LogP contribution in [-0.2, 0) is 0 Å². The van der Waals surface area contributed by atoms with E-state index in [1.807, 2.05) is 0 Å². The topological polar surface area (TPSA) is 0 Å². The second-order valence-electron chi connectivity index (χ2n) is 6.30. The zero-order valence-electron chi connectivity index (χ0n) is 10.6. The van der Waals surface area contributed by atoms with Crippen molar-refractivity contribution in [1.29, 1.82) is 0 Å². The van der Waals surface area contributed by atoms with Crippen molar-refractivity contribution in [3.05, 3.63) is 23.8 Å². The molecule has 0 heteroatoms. The minimum absolute atomic E-state index is 0.515. The van der Waals surface area contributed by atoms with Gasteiger partial charge in [0.2, 0.25) is 0 Å². The van der Waals surface area contributed by atoms with E-state index in [2.05, 4.69) is 45.9 Å². The van der Waals surface area contributed by atoms with Gasteiger partial charge in [-0.2, -0.15) is 0 Å². The van der Waals surface area contributed by atoms with Crippen molar-refractivity contribution in [2.75, 3.05) is 0 Å². The van der Waals surface area contributed by atoms with Crippen LogP contribution in [0, 0.1) is 16.7 Å². The molecular formula is C15H24. The highest BCUT2D eigenvalue weighted by Crippen LogP contribution is 2.58. The van der Waals surface area contributed by atoms with Crippen molar-refractivity contribution < 1.29 is 0 Å². The fraction of sp³-hybridized carbons (Fsp3) is 0.733. The summed E-state index contributed by atoms with van der Waals surface area (Å²) in [6.45, 7) is 9.62. The Morgan fingerprint density at radius 1 is 1.20 bits per heavy atom. The molecule has 0 nitrogen and oxygen atoms in total. The van der Waals surface area contributed by atoms with Crippen LogP contribution in [0.25, 0.3) is 0 Å². The Morgan fingerprint density at radius 3 is 2.40 bits per heavy atom. The van der Waals surface area contributed by atoms with Crippen LogP contribution < -0.4 is 0 Å². The van der Waals surface area contributed by atoms with Crippen LogP contribution in [0.1, 0.15) is 53.4 Å². The lowest BCUT2D eigenvalue weighted by Gasteiger charge is -2.44. The molecule has 0 aromatic rings. The largest absolute Gasteiger partial charge is 0.0810 e. The zero-order valence-corrected chi connectivity index (χ0v) is 10.6.